The molecular formula is C21H28N4O3S2. The number of aromatic nitrogens is 2. The number of rotatable bonds is 6. The van der Waals surface area contributed by atoms with Crippen LogP contribution in [0.3, 0.4) is 0 Å². The molecule has 2 aliphatic carbocycles. The second-order valence-corrected chi connectivity index (χ2v) is 12.4. The van der Waals surface area contributed by atoms with Crippen molar-refractivity contribution in [1.29, 1.82) is 0 Å². The van der Waals surface area contributed by atoms with Crippen molar-refractivity contribution in [2.24, 2.45) is 5.92 Å². The van der Waals surface area contributed by atoms with Crippen molar-refractivity contribution >= 4 is 43.1 Å². The zero-order valence-corrected chi connectivity index (χ0v) is 18.9. The molecule has 3 heterocycles. The predicted octanol–water partition coefficient (Wildman–Crippen LogP) is 2.58. The third kappa shape index (κ3) is 4.06. The molecule has 1 N–H and O–H groups in total. The number of sulfone groups is 1. The molecule has 3 aliphatic rings. The first-order valence-corrected chi connectivity index (χ1v) is 13.7. The van der Waals surface area contributed by atoms with E-state index >= 15 is 0 Å². The summed E-state index contributed by atoms with van der Waals surface area (Å²) in [4.78, 5) is 26.4. The van der Waals surface area contributed by atoms with Gasteiger partial charge in [-0.3, -0.25) is 4.79 Å². The van der Waals surface area contributed by atoms with Crippen molar-refractivity contribution < 1.29 is 13.2 Å². The van der Waals surface area contributed by atoms with E-state index in [0.29, 0.717) is 18.8 Å². The van der Waals surface area contributed by atoms with Crippen LogP contribution in [0.15, 0.2) is 0 Å². The Morgan fingerprint density at radius 2 is 2.00 bits per heavy atom. The molecule has 0 aromatic carbocycles. The topological polar surface area (TPSA) is 92.3 Å². The number of nitrogens with zero attached hydrogens (tertiary/aromatic N) is 3. The molecule has 2 aromatic rings. The van der Waals surface area contributed by atoms with Gasteiger partial charge in [0, 0.05) is 30.8 Å². The van der Waals surface area contributed by atoms with E-state index in [-0.39, 0.29) is 18.9 Å². The van der Waals surface area contributed by atoms with E-state index in [4.69, 9.17) is 9.97 Å². The summed E-state index contributed by atoms with van der Waals surface area (Å²) in [6.45, 7) is 1.69. The average Bonchev–Trinajstić information content (AvgIpc) is 3.24. The zero-order valence-electron chi connectivity index (χ0n) is 17.3. The van der Waals surface area contributed by atoms with Gasteiger partial charge in [-0.05, 0) is 56.4 Å². The number of hydrogen-bond donors (Lipinski definition) is 1. The highest BCUT2D eigenvalue weighted by molar-refractivity contribution is 7.91. The van der Waals surface area contributed by atoms with E-state index in [1.54, 1.807) is 16.2 Å². The molecule has 0 radical (unpaired) electrons. The number of fused-ring (bicyclic) bond motifs is 3. The van der Waals surface area contributed by atoms with Crippen LogP contribution in [0.1, 0.15) is 48.4 Å². The maximum absolute atomic E-state index is 12.8. The van der Waals surface area contributed by atoms with Gasteiger partial charge in [0.05, 0.1) is 17.1 Å². The standard InChI is InChI=1S/C21H28N4O3S2/c1-30(27,28)14-8-9-25(12-14)18(26)10-17-23-20(22-11-13-6-7-13)19-15-4-2-3-5-16(15)29-21(19)24-17/h13-14H,2-12H2,1H3,(H,22,23,24). The number of carbonyl (C=O) groups is 1. The number of hydrogen-bond acceptors (Lipinski definition) is 7. The molecule has 30 heavy (non-hydrogen) atoms. The number of amides is 1. The van der Waals surface area contributed by atoms with Crippen molar-refractivity contribution in [3.63, 3.8) is 0 Å². The highest BCUT2D eigenvalue weighted by Crippen LogP contribution is 2.39. The lowest BCUT2D eigenvalue weighted by Gasteiger charge is -2.16. The molecule has 0 spiro atoms. The fourth-order valence-corrected chi connectivity index (χ4v) is 6.79. The molecule has 0 bridgehead atoms. The van der Waals surface area contributed by atoms with Crippen LogP contribution in [0.25, 0.3) is 10.2 Å². The van der Waals surface area contributed by atoms with Gasteiger partial charge in [-0.2, -0.15) is 0 Å². The van der Waals surface area contributed by atoms with Crippen LogP contribution in [0, 0.1) is 5.92 Å². The van der Waals surface area contributed by atoms with Crippen molar-refractivity contribution in [2.45, 2.75) is 56.6 Å². The molecule has 1 amide bonds. The lowest BCUT2D eigenvalue weighted by molar-refractivity contribution is -0.129. The van der Waals surface area contributed by atoms with E-state index in [9.17, 15) is 13.2 Å². The number of anilines is 1. The Bertz CT molecular complexity index is 1090. The molecule has 1 saturated heterocycles. The molecule has 1 aliphatic heterocycles. The normalized spacial score (nSPS) is 21.8. The van der Waals surface area contributed by atoms with Gasteiger partial charge in [0.2, 0.25) is 5.91 Å². The molecule has 2 fully saturated rings. The summed E-state index contributed by atoms with van der Waals surface area (Å²) in [6, 6.07) is 0. The van der Waals surface area contributed by atoms with Gasteiger partial charge in [0.25, 0.3) is 0 Å². The van der Waals surface area contributed by atoms with Gasteiger partial charge in [-0.1, -0.05) is 0 Å². The predicted molar refractivity (Wildman–Crippen MR) is 119 cm³/mol. The molecule has 1 saturated carbocycles. The van der Waals surface area contributed by atoms with Crippen LogP contribution in [-0.2, 0) is 33.9 Å². The number of aryl methyl sites for hydroxylation is 2. The summed E-state index contributed by atoms with van der Waals surface area (Å²) in [5.74, 6) is 2.05. The van der Waals surface area contributed by atoms with Gasteiger partial charge in [-0.15, -0.1) is 11.3 Å². The van der Waals surface area contributed by atoms with E-state index in [1.165, 1.54) is 42.4 Å². The van der Waals surface area contributed by atoms with E-state index in [1.807, 2.05) is 0 Å². The third-order valence-corrected chi connectivity index (χ3v) is 9.31. The molecule has 1 atom stereocenters. The van der Waals surface area contributed by atoms with Crippen LogP contribution in [0.2, 0.25) is 0 Å². The van der Waals surface area contributed by atoms with Crippen molar-refractivity contribution in [1.82, 2.24) is 14.9 Å². The molecule has 7 nitrogen and oxygen atoms in total. The lowest BCUT2D eigenvalue weighted by atomic mass is 9.97. The summed E-state index contributed by atoms with van der Waals surface area (Å²) in [5, 5.41) is 4.25. The molecular weight excluding hydrogens is 420 g/mol. The highest BCUT2D eigenvalue weighted by atomic mass is 32.2. The quantitative estimate of drug-likeness (QED) is 0.730. The van der Waals surface area contributed by atoms with Crippen molar-refractivity contribution in [2.75, 3.05) is 31.2 Å². The summed E-state index contributed by atoms with van der Waals surface area (Å²) >= 11 is 1.75. The minimum Gasteiger partial charge on any atom is -0.369 e. The smallest absolute Gasteiger partial charge is 0.230 e. The summed E-state index contributed by atoms with van der Waals surface area (Å²) in [7, 11) is -3.12. The fraction of sp³-hybridized carbons (Fsp3) is 0.667. The largest absolute Gasteiger partial charge is 0.369 e. The summed E-state index contributed by atoms with van der Waals surface area (Å²) in [6.07, 6.45) is 9.03. The molecule has 1 unspecified atom stereocenters. The van der Waals surface area contributed by atoms with Gasteiger partial charge >= 0.3 is 0 Å². The number of likely N-dealkylation sites (tertiary alicyclic amines) is 1. The van der Waals surface area contributed by atoms with Gasteiger partial charge in [0.15, 0.2) is 9.84 Å². The summed E-state index contributed by atoms with van der Waals surface area (Å²) in [5.41, 5.74) is 1.40. The van der Waals surface area contributed by atoms with Crippen LogP contribution < -0.4 is 5.32 Å². The first-order valence-electron chi connectivity index (χ1n) is 10.9. The first kappa shape index (κ1) is 20.2. The Morgan fingerprint density at radius 1 is 1.20 bits per heavy atom. The molecule has 162 valence electrons. The second-order valence-electron chi connectivity index (χ2n) is 8.96. The van der Waals surface area contributed by atoms with E-state index in [2.05, 4.69) is 5.32 Å². The van der Waals surface area contributed by atoms with Crippen molar-refractivity contribution in [3.05, 3.63) is 16.3 Å². The Kier molecular flexibility index (Phi) is 5.21. The Balaban J connectivity index is 1.40. The fourth-order valence-electron chi connectivity index (χ4n) is 4.52. The minimum absolute atomic E-state index is 0.0880. The van der Waals surface area contributed by atoms with Gasteiger partial charge in [0.1, 0.15) is 16.5 Å². The Labute approximate surface area is 181 Å². The number of nitrogens with one attached hydrogen (secondary N) is 1. The van der Waals surface area contributed by atoms with Crippen molar-refractivity contribution in [3.8, 4) is 0 Å². The second kappa shape index (κ2) is 7.75. The summed E-state index contributed by atoms with van der Waals surface area (Å²) < 4.78 is 23.6. The minimum atomic E-state index is -3.12. The maximum atomic E-state index is 12.8. The number of thiophene rings is 1. The average molecular weight is 449 g/mol. The van der Waals surface area contributed by atoms with Crippen LogP contribution in [-0.4, -0.2) is 60.3 Å². The van der Waals surface area contributed by atoms with Crippen LogP contribution in [0.5, 0.6) is 0 Å². The van der Waals surface area contributed by atoms with E-state index < -0.39 is 15.1 Å². The zero-order chi connectivity index (χ0) is 20.9. The lowest BCUT2D eigenvalue weighted by Crippen LogP contribution is -2.33. The van der Waals surface area contributed by atoms with Gasteiger partial charge in [-0.25, -0.2) is 18.4 Å². The first-order chi connectivity index (χ1) is 14.4. The Hall–Kier alpha value is -1.74. The molecule has 2 aromatic heterocycles. The van der Waals surface area contributed by atoms with E-state index in [0.717, 1.165) is 41.3 Å². The van der Waals surface area contributed by atoms with Crippen LogP contribution >= 0.6 is 11.3 Å². The van der Waals surface area contributed by atoms with Crippen LogP contribution in [0.4, 0.5) is 5.82 Å². The Morgan fingerprint density at radius 3 is 2.73 bits per heavy atom. The SMILES string of the molecule is CS(=O)(=O)C1CCN(C(=O)Cc2nc(NCC3CC3)c3c4c(sc3n2)CCCC4)C1. The third-order valence-electron chi connectivity index (χ3n) is 6.53. The monoisotopic (exact) mass is 448 g/mol. The number of carbonyl (C=O) groups excluding carboxylic acids is 1. The molecule has 5 rings (SSSR count). The molecule has 9 heteroatoms. The highest BCUT2D eigenvalue weighted by Gasteiger charge is 2.33. The van der Waals surface area contributed by atoms with Gasteiger partial charge < -0.3 is 10.2 Å². The maximum Gasteiger partial charge on any atom is 0.230 e.